The number of benzene rings is 2. The SMILES string of the molecule is COc1ccc(CN2C(=O)[C@@H]3[C@@H]([C@@H](C)O)N[C@]4(C(=O)Nc5c4ccc(C)c5C)[C@H]3C2=O)cc1. The highest BCUT2D eigenvalue weighted by atomic mass is 16.5. The van der Waals surface area contributed by atoms with E-state index in [0.29, 0.717) is 17.0 Å². The number of aryl methyl sites for hydroxylation is 1. The molecule has 2 aromatic rings. The summed E-state index contributed by atoms with van der Waals surface area (Å²) < 4.78 is 5.18. The maximum absolute atomic E-state index is 13.7. The van der Waals surface area contributed by atoms with E-state index in [1.807, 2.05) is 26.0 Å². The summed E-state index contributed by atoms with van der Waals surface area (Å²) in [6, 6.07) is 10.2. The number of rotatable bonds is 4. The molecule has 2 aromatic carbocycles. The smallest absolute Gasteiger partial charge is 0.250 e. The van der Waals surface area contributed by atoms with E-state index in [4.69, 9.17) is 4.74 Å². The van der Waals surface area contributed by atoms with Gasteiger partial charge in [0.15, 0.2) is 0 Å². The molecule has 5 rings (SSSR count). The third-order valence-electron chi connectivity index (χ3n) is 7.47. The number of nitrogens with zero attached hydrogens (tertiary/aromatic N) is 1. The van der Waals surface area contributed by atoms with Crippen molar-refractivity contribution in [3.63, 3.8) is 0 Å². The van der Waals surface area contributed by atoms with Gasteiger partial charge < -0.3 is 15.2 Å². The summed E-state index contributed by atoms with van der Waals surface area (Å²) in [5.41, 5.74) is 2.64. The average molecular weight is 450 g/mol. The van der Waals surface area contributed by atoms with Crippen LogP contribution in [-0.2, 0) is 26.5 Å². The first kappa shape index (κ1) is 21.6. The Bertz CT molecular complexity index is 1180. The molecule has 0 bridgehead atoms. The van der Waals surface area contributed by atoms with E-state index in [2.05, 4.69) is 10.6 Å². The Kier molecular flexibility index (Phi) is 4.84. The normalized spacial score (nSPS) is 28.8. The van der Waals surface area contributed by atoms with Crippen molar-refractivity contribution in [2.75, 3.05) is 12.4 Å². The molecule has 1 spiro atoms. The van der Waals surface area contributed by atoms with Crippen molar-refractivity contribution in [1.82, 2.24) is 10.2 Å². The van der Waals surface area contributed by atoms with Gasteiger partial charge in [0, 0.05) is 17.3 Å². The molecule has 0 aromatic heterocycles. The van der Waals surface area contributed by atoms with Gasteiger partial charge in [-0.3, -0.25) is 24.6 Å². The summed E-state index contributed by atoms with van der Waals surface area (Å²) in [5.74, 6) is -2.24. The lowest BCUT2D eigenvalue weighted by atomic mass is 9.76. The molecule has 0 aliphatic carbocycles. The predicted molar refractivity (Wildman–Crippen MR) is 120 cm³/mol. The minimum atomic E-state index is -1.40. The number of aliphatic hydroxyl groups excluding tert-OH is 1. The van der Waals surface area contributed by atoms with Crippen LogP contribution >= 0.6 is 0 Å². The third kappa shape index (κ3) is 2.87. The lowest BCUT2D eigenvalue weighted by Crippen LogP contribution is -2.54. The summed E-state index contributed by atoms with van der Waals surface area (Å²) in [5, 5.41) is 16.7. The number of hydrogen-bond donors (Lipinski definition) is 3. The Morgan fingerprint density at radius 1 is 1.09 bits per heavy atom. The van der Waals surface area contributed by atoms with Crippen LogP contribution in [0.15, 0.2) is 36.4 Å². The number of ether oxygens (including phenoxy) is 1. The highest BCUT2D eigenvalue weighted by Crippen LogP contribution is 2.54. The van der Waals surface area contributed by atoms with Crippen LogP contribution in [0, 0.1) is 25.7 Å². The molecule has 0 radical (unpaired) electrons. The Morgan fingerprint density at radius 2 is 1.79 bits per heavy atom. The fraction of sp³-hybridized carbons (Fsp3) is 0.400. The van der Waals surface area contributed by atoms with Crippen LogP contribution < -0.4 is 15.4 Å². The van der Waals surface area contributed by atoms with E-state index in [1.54, 1.807) is 38.3 Å². The van der Waals surface area contributed by atoms with E-state index in [9.17, 15) is 19.5 Å². The summed E-state index contributed by atoms with van der Waals surface area (Å²) >= 11 is 0. The summed E-state index contributed by atoms with van der Waals surface area (Å²) in [6.07, 6.45) is -0.932. The monoisotopic (exact) mass is 449 g/mol. The van der Waals surface area contributed by atoms with E-state index in [-0.39, 0.29) is 18.4 Å². The molecule has 172 valence electrons. The first-order valence-electron chi connectivity index (χ1n) is 11.1. The Hall–Kier alpha value is -3.23. The summed E-state index contributed by atoms with van der Waals surface area (Å²) in [7, 11) is 1.57. The molecular weight excluding hydrogens is 422 g/mol. The molecule has 0 saturated carbocycles. The first-order chi connectivity index (χ1) is 15.7. The van der Waals surface area contributed by atoms with Crippen LogP contribution in [0.5, 0.6) is 5.75 Å². The second-order valence-electron chi connectivity index (χ2n) is 9.22. The van der Waals surface area contributed by atoms with Gasteiger partial charge in [-0.05, 0) is 49.6 Å². The quantitative estimate of drug-likeness (QED) is 0.612. The molecule has 3 amide bonds. The number of methoxy groups -OCH3 is 1. The molecule has 3 aliphatic rings. The minimum absolute atomic E-state index is 0.0959. The average Bonchev–Trinajstić information content (AvgIpc) is 3.38. The number of hydrogen-bond acceptors (Lipinski definition) is 6. The Balaban J connectivity index is 1.59. The molecule has 3 aliphatic heterocycles. The molecule has 3 heterocycles. The van der Waals surface area contributed by atoms with Gasteiger partial charge in [-0.1, -0.05) is 24.3 Å². The van der Waals surface area contributed by atoms with Crippen LogP contribution in [0.2, 0.25) is 0 Å². The van der Waals surface area contributed by atoms with Gasteiger partial charge in [0.05, 0.1) is 31.6 Å². The number of fused-ring (bicyclic) bond motifs is 4. The van der Waals surface area contributed by atoms with E-state index in [1.165, 1.54) is 4.90 Å². The van der Waals surface area contributed by atoms with Crippen molar-refractivity contribution in [2.24, 2.45) is 11.8 Å². The van der Waals surface area contributed by atoms with Crippen molar-refractivity contribution >= 4 is 23.4 Å². The van der Waals surface area contributed by atoms with Crippen LogP contribution in [0.1, 0.15) is 29.2 Å². The molecule has 2 saturated heterocycles. The molecule has 3 N–H and O–H groups in total. The number of carbonyl (C=O) groups is 3. The highest BCUT2D eigenvalue weighted by Gasteiger charge is 2.71. The Labute approximate surface area is 191 Å². The van der Waals surface area contributed by atoms with Crippen molar-refractivity contribution in [3.8, 4) is 5.75 Å². The summed E-state index contributed by atoms with van der Waals surface area (Å²) in [4.78, 5) is 41.9. The zero-order valence-electron chi connectivity index (χ0n) is 19.0. The number of carbonyl (C=O) groups excluding carboxylic acids is 3. The van der Waals surface area contributed by atoms with Crippen LogP contribution in [0.25, 0.3) is 0 Å². The van der Waals surface area contributed by atoms with E-state index >= 15 is 0 Å². The van der Waals surface area contributed by atoms with Crippen molar-refractivity contribution in [2.45, 2.75) is 45.0 Å². The fourth-order valence-electron chi connectivity index (χ4n) is 5.59. The predicted octanol–water partition coefficient (Wildman–Crippen LogP) is 1.61. The van der Waals surface area contributed by atoms with Gasteiger partial charge in [-0.25, -0.2) is 0 Å². The fourth-order valence-corrected chi connectivity index (χ4v) is 5.59. The number of amides is 3. The Morgan fingerprint density at radius 3 is 2.42 bits per heavy atom. The van der Waals surface area contributed by atoms with Gasteiger partial charge >= 0.3 is 0 Å². The zero-order chi connectivity index (χ0) is 23.7. The number of nitrogens with one attached hydrogen (secondary N) is 2. The largest absolute Gasteiger partial charge is 0.497 e. The van der Waals surface area contributed by atoms with E-state index < -0.39 is 35.4 Å². The summed E-state index contributed by atoms with van der Waals surface area (Å²) in [6.45, 7) is 5.55. The standard InChI is InChI=1S/C25H27N3O5/c1-12-5-10-17-20(13(12)2)26-24(32)25(17)19-18(21(27-25)14(3)29)22(30)28(23(19)31)11-15-6-8-16(33-4)9-7-15/h5-10,14,18-19,21,27,29H,11H2,1-4H3,(H,26,32)/t14-,18+,19-,21-,25+/m1/s1. The van der Waals surface area contributed by atoms with Gasteiger partial charge in [-0.2, -0.15) is 0 Å². The van der Waals surface area contributed by atoms with Crippen molar-refractivity contribution < 1.29 is 24.2 Å². The molecule has 5 atom stereocenters. The van der Waals surface area contributed by atoms with Crippen LogP contribution in [0.4, 0.5) is 5.69 Å². The maximum Gasteiger partial charge on any atom is 0.250 e. The molecule has 8 heteroatoms. The molecular formula is C25H27N3O5. The lowest BCUT2D eigenvalue weighted by molar-refractivity contribution is -0.143. The van der Waals surface area contributed by atoms with Crippen LogP contribution in [0.3, 0.4) is 0 Å². The number of anilines is 1. The minimum Gasteiger partial charge on any atom is -0.497 e. The number of aliphatic hydroxyl groups is 1. The molecule has 33 heavy (non-hydrogen) atoms. The topological polar surface area (TPSA) is 108 Å². The number of likely N-dealkylation sites (tertiary alicyclic amines) is 1. The molecule has 8 nitrogen and oxygen atoms in total. The second kappa shape index (κ2) is 7.40. The van der Waals surface area contributed by atoms with E-state index in [0.717, 1.165) is 16.7 Å². The van der Waals surface area contributed by atoms with Crippen LogP contribution in [-0.4, -0.2) is 47.0 Å². The first-order valence-corrected chi connectivity index (χ1v) is 11.1. The lowest BCUT2D eigenvalue weighted by Gasteiger charge is -2.30. The van der Waals surface area contributed by atoms with Gasteiger partial charge in [-0.15, -0.1) is 0 Å². The van der Waals surface area contributed by atoms with Gasteiger partial charge in [0.1, 0.15) is 11.3 Å². The third-order valence-corrected chi connectivity index (χ3v) is 7.47. The highest BCUT2D eigenvalue weighted by molar-refractivity contribution is 6.15. The molecule has 2 fully saturated rings. The van der Waals surface area contributed by atoms with Gasteiger partial charge in [0.2, 0.25) is 17.7 Å². The molecule has 0 unspecified atom stereocenters. The zero-order valence-corrected chi connectivity index (χ0v) is 19.0. The van der Waals surface area contributed by atoms with Crippen molar-refractivity contribution in [3.05, 3.63) is 58.7 Å². The maximum atomic E-state index is 13.7. The van der Waals surface area contributed by atoms with Gasteiger partial charge in [0.25, 0.3) is 0 Å². The second-order valence-corrected chi connectivity index (χ2v) is 9.22. The van der Waals surface area contributed by atoms with Crippen molar-refractivity contribution in [1.29, 1.82) is 0 Å². The number of imide groups is 1.